The molecule has 1 heterocycles. The Morgan fingerprint density at radius 3 is 2.55 bits per heavy atom. The predicted molar refractivity (Wildman–Crippen MR) is 76.6 cm³/mol. The number of aliphatic hydroxyl groups excluding tert-OH is 1. The summed E-state index contributed by atoms with van der Waals surface area (Å²) in [5.41, 5.74) is -0.430. The van der Waals surface area contributed by atoms with E-state index in [1.165, 1.54) is 0 Å². The molecule has 20 heavy (non-hydrogen) atoms. The highest BCUT2D eigenvalue weighted by Gasteiger charge is 2.28. The van der Waals surface area contributed by atoms with Crippen LogP contribution in [-0.2, 0) is 10.0 Å². The fraction of sp³-hybridized carbons (Fsp3) is 0.600. The van der Waals surface area contributed by atoms with Crippen molar-refractivity contribution >= 4 is 38.6 Å². The van der Waals surface area contributed by atoms with E-state index < -0.39 is 26.7 Å². The summed E-state index contributed by atoms with van der Waals surface area (Å²) in [6.45, 7) is 3.47. The summed E-state index contributed by atoms with van der Waals surface area (Å²) in [6.07, 6.45) is 0.262. The summed E-state index contributed by atoms with van der Waals surface area (Å²) in [6, 6.07) is 0.482. The molecule has 0 fully saturated rings. The Kier molecular flexibility index (Phi) is 5.90. The van der Waals surface area contributed by atoms with Crippen LogP contribution in [0.15, 0.2) is 10.3 Å². The Morgan fingerprint density at radius 1 is 1.55 bits per heavy atom. The van der Waals surface area contributed by atoms with Crippen molar-refractivity contribution in [2.24, 2.45) is 5.92 Å². The highest BCUT2D eigenvalue weighted by atomic mass is 35.5. The molecule has 0 amide bonds. The van der Waals surface area contributed by atoms with Crippen molar-refractivity contribution in [2.75, 3.05) is 6.61 Å². The van der Waals surface area contributed by atoms with Gasteiger partial charge in [0.25, 0.3) is 15.7 Å². The monoisotopic (exact) mass is 342 g/mol. The van der Waals surface area contributed by atoms with E-state index in [2.05, 4.69) is 4.72 Å². The maximum absolute atomic E-state index is 12.1. The number of hydrogen-bond donors (Lipinski definition) is 2. The molecule has 0 radical (unpaired) electrons. The number of aliphatic hydroxyl groups is 1. The van der Waals surface area contributed by atoms with Crippen LogP contribution in [0.4, 0.5) is 5.69 Å². The van der Waals surface area contributed by atoms with Gasteiger partial charge in [-0.25, -0.2) is 13.1 Å². The van der Waals surface area contributed by atoms with Gasteiger partial charge in [0.15, 0.2) is 4.34 Å². The second-order valence-corrected chi connectivity index (χ2v) is 8.06. The molecule has 1 rings (SSSR count). The van der Waals surface area contributed by atoms with E-state index in [0.29, 0.717) is 11.3 Å². The van der Waals surface area contributed by atoms with Gasteiger partial charge < -0.3 is 5.11 Å². The van der Waals surface area contributed by atoms with Crippen molar-refractivity contribution in [3.8, 4) is 0 Å². The first-order chi connectivity index (χ1) is 9.19. The van der Waals surface area contributed by atoms with E-state index in [0.717, 1.165) is 6.07 Å². The van der Waals surface area contributed by atoms with Gasteiger partial charge >= 0.3 is 0 Å². The summed E-state index contributed by atoms with van der Waals surface area (Å²) in [4.78, 5) is 9.94. The lowest BCUT2D eigenvalue weighted by Gasteiger charge is -2.20. The standard InChI is InChI=1S/C10H15ClN2O5S2/c1-6(2)7(3-4-14)12-20(17,18)9-5-8(13(15)16)10(11)19-9/h5-7,12,14H,3-4H2,1-2H3. The summed E-state index contributed by atoms with van der Waals surface area (Å²) in [5.74, 6) is -0.0256. The molecule has 1 unspecified atom stereocenters. The number of nitrogens with zero attached hydrogens (tertiary/aromatic N) is 1. The third-order valence-corrected chi connectivity index (χ3v) is 5.96. The molecule has 0 aromatic carbocycles. The molecule has 0 spiro atoms. The quantitative estimate of drug-likeness (QED) is 0.581. The maximum atomic E-state index is 12.1. The summed E-state index contributed by atoms with van der Waals surface area (Å²) < 4.78 is 26.3. The normalized spacial score (nSPS) is 13.7. The van der Waals surface area contributed by atoms with Crippen molar-refractivity contribution in [2.45, 2.75) is 30.5 Å². The van der Waals surface area contributed by atoms with Crippen molar-refractivity contribution in [3.05, 3.63) is 20.5 Å². The number of halogens is 1. The SMILES string of the molecule is CC(C)C(CCO)NS(=O)(=O)c1cc([N+](=O)[O-])c(Cl)s1. The van der Waals surface area contributed by atoms with Crippen LogP contribution in [0, 0.1) is 16.0 Å². The summed E-state index contributed by atoms with van der Waals surface area (Å²) in [5, 5.41) is 19.6. The Balaban J connectivity index is 3.04. The minimum Gasteiger partial charge on any atom is -0.396 e. The Labute approximate surface area is 125 Å². The van der Waals surface area contributed by atoms with E-state index >= 15 is 0 Å². The van der Waals surface area contributed by atoms with Gasteiger partial charge in [-0.3, -0.25) is 10.1 Å². The van der Waals surface area contributed by atoms with Gasteiger partial charge in [0.2, 0.25) is 0 Å². The minimum atomic E-state index is -3.89. The van der Waals surface area contributed by atoms with Crippen LogP contribution < -0.4 is 4.72 Å². The largest absolute Gasteiger partial charge is 0.396 e. The van der Waals surface area contributed by atoms with Crippen LogP contribution in [0.25, 0.3) is 0 Å². The molecule has 1 aromatic rings. The van der Waals surface area contributed by atoms with Crippen LogP contribution in [0.5, 0.6) is 0 Å². The molecular weight excluding hydrogens is 328 g/mol. The van der Waals surface area contributed by atoms with Gasteiger partial charge in [-0.2, -0.15) is 0 Å². The number of hydrogen-bond acceptors (Lipinski definition) is 6. The van der Waals surface area contributed by atoms with Crippen LogP contribution in [0.3, 0.4) is 0 Å². The molecule has 0 saturated heterocycles. The fourth-order valence-electron chi connectivity index (χ4n) is 1.52. The smallest absolute Gasteiger partial charge is 0.300 e. The third kappa shape index (κ3) is 4.13. The van der Waals surface area contributed by atoms with Crippen molar-refractivity contribution < 1.29 is 18.4 Å². The second-order valence-electron chi connectivity index (χ2n) is 4.47. The Morgan fingerprint density at radius 2 is 2.15 bits per heavy atom. The number of nitrogens with one attached hydrogen (secondary N) is 1. The van der Waals surface area contributed by atoms with Crippen LogP contribution in [0.1, 0.15) is 20.3 Å². The van der Waals surface area contributed by atoms with Gasteiger partial charge in [0.05, 0.1) is 4.92 Å². The van der Waals surface area contributed by atoms with E-state index in [1.807, 2.05) is 13.8 Å². The molecule has 114 valence electrons. The second kappa shape index (κ2) is 6.81. The zero-order chi connectivity index (χ0) is 15.5. The first-order valence-electron chi connectivity index (χ1n) is 5.76. The van der Waals surface area contributed by atoms with E-state index in [9.17, 15) is 18.5 Å². The first-order valence-corrected chi connectivity index (χ1v) is 8.43. The number of rotatable bonds is 7. The Bertz CT molecular complexity index is 584. The van der Waals surface area contributed by atoms with E-state index in [1.54, 1.807) is 0 Å². The predicted octanol–water partition coefficient (Wildman–Crippen LogP) is 2.00. The van der Waals surface area contributed by atoms with Crippen LogP contribution in [-0.4, -0.2) is 31.1 Å². The lowest BCUT2D eigenvalue weighted by atomic mass is 10.0. The first kappa shape index (κ1) is 17.3. The maximum Gasteiger partial charge on any atom is 0.300 e. The molecule has 1 atom stereocenters. The van der Waals surface area contributed by atoms with Crippen molar-refractivity contribution in [1.29, 1.82) is 0 Å². The molecule has 0 aliphatic heterocycles. The molecule has 0 aliphatic carbocycles. The number of thiophene rings is 1. The molecule has 0 aliphatic rings. The topological polar surface area (TPSA) is 110 Å². The number of sulfonamides is 1. The van der Waals surface area contributed by atoms with Crippen molar-refractivity contribution in [3.63, 3.8) is 0 Å². The molecule has 0 saturated carbocycles. The molecule has 7 nitrogen and oxygen atoms in total. The zero-order valence-corrected chi connectivity index (χ0v) is 13.3. The molecule has 10 heteroatoms. The lowest BCUT2D eigenvalue weighted by molar-refractivity contribution is -0.384. The van der Waals surface area contributed by atoms with Crippen LogP contribution in [0.2, 0.25) is 4.34 Å². The lowest BCUT2D eigenvalue weighted by Crippen LogP contribution is -2.38. The molecule has 1 aromatic heterocycles. The third-order valence-electron chi connectivity index (χ3n) is 2.66. The van der Waals surface area contributed by atoms with Gasteiger partial charge in [0, 0.05) is 18.7 Å². The van der Waals surface area contributed by atoms with E-state index in [4.69, 9.17) is 16.7 Å². The van der Waals surface area contributed by atoms with Gasteiger partial charge in [0.1, 0.15) is 4.21 Å². The molecule has 0 bridgehead atoms. The molecule has 2 N–H and O–H groups in total. The van der Waals surface area contributed by atoms with Gasteiger partial charge in [-0.05, 0) is 12.3 Å². The minimum absolute atomic E-state index is 0.0256. The fourth-order valence-corrected chi connectivity index (χ4v) is 4.62. The van der Waals surface area contributed by atoms with Crippen LogP contribution >= 0.6 is 22.9 Å². The Hall–Kier alpha value is -0.740. The molecular formula is C10H15ClN2O5S2. The average molecular weight is 343 g/mol. The zero-order valence-electron chi connectivity index (χ0n) is 10.9. The van der Waals surface area contributed by atoms with Crippen molar-refractivity contribution in [1.82, 2.24) is 4.72 Å². The van der Waals surface area contributed by atoms with Gasteiger partial charge in [-0.1, -0.05) is 25.4 Å². The number of nitro groups is 1. The van der Waals surface area contributed by atoms with E-state index in [-0.39, 0.29) is 27.5 Å². The highest BCUT2D eigenvalue weighted by Crippen LogP contribution is 2.36. The highest BCUT2D eigenvalue weighted by molar-refractivity contribution is 7.91. The summed E-state index contributed by atoms with van der Waals surface area (Å²) >= 11 is 6.28. The average Bonchev–Trinajstić information content (AvgIpc) is 2.71. The van der Waals surface area contributed by atoms with Gasteiger partial charge in [-0.15, -0.1) is 11.3 Å². The summed E-state index contributed by atoms with van der Waals surface area (Å²) in [7, 11) is -3.89.